The highest BCUT2D eigenvalue weighted by Crippen LogP contribution is 2.44. The highest BCUT2D eigenvalue weighted by Gasteiger charge is 2.17. The second kappa shape index (κ2) is 17.0. The van der Waals surface area contributed by atoms with E-state index in [9.17, 15) is 0 Å². The summed E-state index contributed by atoms with van der Waals surface area (Å²) in [6, 6.07) is 104. The molecule has 0 fully saturated rings. The molecule has 15 aromatic carbocycles. The minimum atomic E-state index is 1.19. The van der Waals surface area contributed by atoms with Crippen molar-refractivity contribution in [1.82, 2.24) is 0 Å². The van der Waals surface area contributed by atoms with Crippen LogP contribution in [-0.2, 0) is 0 Å². The summed E-state index contributed by atoms with van der Waals surface area (Å²) in [7, 11) is 0. The highest BCUT2D eigenvalue weighted by atomic mass is 14.2. The van der Waals surface area contributed by atoms with Gasteiger partial charge >= 0.3 is 0 Å². The molecule has 0 heterocycles. The fraction of sp³-hybridized carbons (Fsp3) is 0. The summed E-state index contributed by atoms with van der Waals surface area (Å²) in [4.78, 5) is 0. The van der Waals surface area contributed by atoms with Crippen molar-refractivity contribution in [2.75, 3.05) is 0 Å². The Morgan fingerprint density at radius 2 is 0.473 bits per heavy atom. The molecule has 0 aliphatic rings. The topological polar surface area (TPSA) is 0 Å². The minimum Gasteiger partial charge on any atom is -0.0616 e. The predicted molar refractivity (Wildman–Crippen MR) is 319 cm³/mol. The molecular formula is C74H46. The van der Waals surface area contributed by atoms with E-state index in [0.29, 0.717) is 0 Å². The van der Waals surface area contributed by atoms with Crippen LogP contribution in [0.2, 0.25) is 0 Å². The van der Waals surface area contributed by atoms with Crippen molar-refractivity contribution in [2.45, 2.75) is 0 Å². The van der Waals surface area contributed by atoms with Crippen molar-refractivity contribution in [3.63, 3.8) is 0 Å². The maximum atomic E-state index is 2.44. The Bertz CT molecular complexity index is 4780. The summed E-state index contributed by atoms with van der Waals surface area (Å²) in [5.41, 5.74) is 14.6. The summed E-state index contributed by atoms with van der Waals surface area (Å²) in [6.45, 7) is 0. The second-order valence-electron chi connectivity index (χ2n) is 19.9. The molecular weight excluding hydrogens is 889 g/mol. The van der Waals surface area contributed by atoms with Crippen LogP contribution in [0, 0.1) is 0 Å². The lowest BCUT2D eigenvalue weighted by Crippen LogP contribution is -1.90. The largest absolute Gasteiger partial charge is 0.0616 e. The molecule has 0 aromatic heterocycles. The molecule has 0 unspecified atom stereocenters. The number of benzene rings is 15. The van der Waals surface area contributed by atoms with Crippen molar-refractivity contribution in [1.29, 1.82) is 0 Å². The van der Waals surface area contributed by atoms with Gasteiger partial charge in [0.1, 0.15) is 0 Å². The molecule has 0 bridgehead atoms. The first kappa shape index (κ1) is 42.1. The van der Waals surface area contributed by atoms with Crippen LogP contribution in [0.15, 0.2) is 279 Å². The average Bonchev–Trinajstić information content (AvgIpc) is 3.48. The molecule has 74 heavy (non-hydrogen) atoms. The molecule has 0 N–H and O–H groups in total. The lowest BCUT2D eigenvalue weighted by molar-refractivity contribution is 1.61. The van der Waals surface area contributed by atoms with Crippen LogP contribution >= 0.6 is 0 Å². The molecule has 0 spiro atoms. The Morgan fingerprint density at radius 3 is 0.946 bits per heavy atom. The van der Waals surface area contributed by atoms with Gasteiger partial charge in [0.15, 0.2) is 0 Å². The SMILES string of the molecule is c1cc(-c2ccc3c(-c4cccc(-c5cc6ccccc6c6ccccc56)c4)c4cc(-c5cccc(-c6cc7ccccc7c7ccccc67)c5)ccc4cc3c2)cc(-c2cc3ccccc3c3ccccc23)c1. The lowest BCUT2D eigenvalue weighted by atomic mass is 9.86. The van der Waals surface area contributed by atoms with Crippen LogP contribution in [0.3, 0.4) is 0 Å². The molecule has 0 atom stereocenters. The van der Waals surface area contributed by atoms with Gasteiger partial charge in [-0.3, -0.25) is 0 Å². The van der Waals surface area contributed by atoms with Crippen LogP contribution < -0.4 is 0 Å². The van der Waals surface area contributed by atoms with E-state index in [-0.39, 0.29) is 0 Å². The fourth-order valence-corrected chi connectivity index (χ4v) is 12.2. The standard InChI is InChI=1S/C74H46/c1-4-25-60-54(16-1)44-70(67-31-10-7-28-64(60)67)51-21-13-19-47(38-51)49-36-37-63-59(40-49)42-57-35-34-50(48-20-14-22-52(39-48)71-45-55-17-2-5-26-61(55)65-29-8-11-32-68(65)71)43-73(57)74(63)58-24-15-23-53(41-58)72-46-56-18-3-6-27-62(56)66-30-9-12-33-69(66)72/h1-46H. The van der Waals surface area contributed by atoms with Crippen LogP contribution in [0.25, 0.3) is 153 Å². The van der Waals surface area contributed by atoms with E-state index in [1.165, 1.54) is 153 Å². The number of rotatable bonds is 6. The molecule has 15 aromatic rings. The zero-order valence-corrected chi connectivity index (χ0v) is 40.6. The smallest absolute Gasteiger partial charge is 0.00264 e. The van der Waals surface area contributed by atoms with Crippen molar-refractivity contribution in [2.24, 2.45) is 0 Å². The Morgan fingerprint density at radius 1 is 0.135 bits per heavy atom. The summed E-state index contributed by atoms with van der Waals surface area (Å²) in [6.07, 6.45) is 0. The first-order valence-electron chi connectivity index (χ1n) is 25.7. The number of fused-ring (bicyclic) bond motifs is 11. The zero-order chi connectivity index (χ0) is 48.7. The van der Waals surface area contributed by atoms with Crippen LogP contribution in [0.4, 0.5) is 0 Å². The van der Waals surface area contributed by atoms with Crippen LogP contribution in [0.1, 0.15) is 0 Å². The molecule has 15 rings (SSSR count). The zero-order valence-electron chi connectivity index (χ0n) is 40.6. The Kier molecular flexibility index (Phi) is 9.68. The molecule has 0 amide bonds. The Hall–Kier alpha value is -9.62. The minimum absolute atomic E-state index is 1.19. The summed E-state index contributed by atoms with van der Waals surface area (Å²) in [5, 5.41) is 20.1. The van der Waals surface area contributed by atoms with E-state index in [4.69, 9.17) is 0 Å². The summed E-state index contributed by atoms with van der Waals surface area (Å²) < 4.78 is 0. The van der Waals surface area contributed by atoms with Gasteiger partial charge < -0.3 is 0 Å². The summed E-state index contributed by atoms with van der Waals surface area (Å²) in [5.74, 6) is 0. The van der Waals surface area contributed by atoms with Crippen molar-refractivity contribution >= 4 is 86.2 Å². The van der Waals surface area contributed by atoms with Gasteiger partial charge in [0.2, 0.25) is 0 Å². The van der Waals surface area contributed by atoms with Gasteiger partial charge in [0.25, 0.3) is 0 Å². The van der Waals surface area contributed by atoms with Gasteiger partial charge in [-0.25, -0.2) is 0 Å². The Balaban J connectivity index is 0.913. The van der Waals surface area contributed by atoms with E-state index in [1.807, 2.05) is 0 Å². The lowest BCUT2D eigenvalue weighted by Gasteiger charge is -2.17. The number of hydrogen-bond donors (Lipinski definition) is 0. The third kappa shape index (κ3) is 6.91. The van der Waals surface area contributed by atoms with Gasteiger partial charge in [-0.1, -0.05) is 224 Å². The van der Waals surface area contributed by atoms with Gasteiger partial charge in [-0.05, 0) is 208 Å². The average molecular weight is 935 g/mol. The molecule has 0 aliphatic carbocycles. The molecule has 0 radical (unpaired) electrons. The van der Waals surface area contributed by atoms with E-state index in [2.05, 4.69) is 279 Å². The van der Waals surface area contributed by atoms with Gasteiger partial charge in [0.05, 0.1) is 0 Å². The monoisotopic (exact) mass is 934 g/mol. The maximum absolute atomic E-state index is 2.44. The van der Waals surface area contributed by atoms with Crippen LogP contribution in [0.5, 0.6) is 0 Å². The highest BCUT2D eigenvalue weighted by molar-refractivity contribution is 6.18. The van der Waals surface area contributed by atoms with E-state index in [1.54, 1.807) is 0 Å². The quantitative estimate of drug-likeness (QED) is 0.115. The second-order valence-corrected chi connectivity index (χ2v) is 19.9. The van der Waals surface area contributed by atoms with E-state index < -0.39 is 0 Å². The van der Waals surface area contributed by atoms with E-state index in [0.717, 1.165) is 0 Å². The number of hydrogen-bond acceptors (Lipinski definition) is 0. The predicted octanol–water partition coefficient (Wildman–Crippen LogP) is 20.9. The maximum Gasteiger partial charge on any atom is -0.00264 e. The molecule has 0 heteroatoms. The van der Waals surface area contributed by atoms with E-state index >= 15 is 0 Å². The Labute approximate surface area is 429 Å². The normalized spacial score (nSPS) is 11.8. The molecule has 0 saturated carbocycles. The van der Waals surface area contributed by atoms with Crippen molar-refractivity contribution in [3.05, 3.63) is 279 Å². The van der Waals surface area contributed by atoms with Gasteiger partial charge in [-0.15, -0.1) is 0 Å². The first-order chi connectivity index (χ1) is 36.7. The van der Waals surface area contributed by atoms with Gasteiger partial charge in [0, 0.05) is 0 Å². The molecule has 0 nitrogen and oxygen atoms in total. The first-order valence-corrected chi connectivity index (χ1v) is 25.7. The van der Waals surface area contributed by atoms with Crippen LogP contribution in [-0.4, -0.2) is 0 Å². The molecule has 0 aliphatic heterocycles. The summed E-state index contributed by atoms with van der Waals surface area (Å²) >= 11 is 0. The van der Waals surface area contributed by atoms with Crippen molar-refractivity contribution in [3.8, 4) is 66.8 Å². The van der Waals surface area contributed by atoms with Gasteiger partial charge in [-0.2, -0.15) is 0 Å². The molecule has 342 valence electrons. The third-order valence-corrected chi connectivity index (χ3v) is 15.7. The fourth-order valence-electron chi connectivity index (χ4n) is 12.2. The van der Waals surface area contributed by atoms with Crippen molar-refractivity contribution < 1.29 is 0 Å². The molecule has 0 saturated heterocycles. The third-order valence-electron chi connectivity index (χ3n) is 15.7.